The van der Waals surface area contributed by atoms with Crippen molar-refractivity contribution < 1.29 is 4.79 Å². The van der Waals surface area contributed by atoms with Crippen molar-refractivity contribution >= 4 is 28.7 Å². The average molecular weight is 338 g/mol. The van der Waals surface area contributed by atoms with Crippen molar-refractivity contribution in [1.29, 1.82) is 0 Å². The molecule has 122 valence electrons. The van der Waals surface area contributed by atoms with Gasteiger partial charge in [0.1, 0.15) is 0 Å². The van der Waals surface area contributed by atoms with Gasteiger partial charge in [0, 0.05) is 24.1 Å². The number of thioether (sulfide) groups is 1. The van der Waals surface area contributed by atoms with Gasteiger partial charge in [-0.05, 0) is 44.2 Å². The van der Waals surface area contributed by atoms with Crippen molar-refractivity contribution in [3.8, 4) is 0 Å². The van der Waals surface area contributed by atoms with Crippen molar-refractivity contribution in [3.05, 3.63) is 59.5 Å². The van der Waals surface area contributed by atoms with E-state index in [2.05, 4.69) is 20.3 Å². The topological polar surface area (TPSA) is 67.8 Å². The fourth-order valence-corrected chi connectivity index (χ4v) is 2.95. The Morgan fingerprint density at radius 1 is 1.08 bits per heavy atom. The molecule has 1 aromatic carbocycles. The van der Waals surface area contributed by atoms with Crippen LogP contribution in [0.5, 0.6) is 0 Å². The number of amides is 1. The largest absolute Gasteiger partial charge is 0.351 e. The molecule has 2 aromatic heterocycles. The Bertz CT molecular complexity index is 868. The second-order valence-corrected chi connectivity index (χ2v) is 6.49. The summed E-state index contributed by atoms with van der Waals surface area (Å²) in [6.07, 6.45) is 1.76. The molecule has 0 bridgehead atoms. The van der Waals surface area contributed by atoms with Gasteiger partial charge in [0.15, 0.2) is 0 Å². The van der Waals surface area contributed by atoms with Crippen LogP contribution in [-0.4, -0.2) is 33.2 Å². The van der Waals surface area contributed by atoms with Gasteiger partial charge < -0.3 is 5.32 Å². The summed E-state index contributed by atoms with van der Waals surface area (Å²) in [4.78, 5) is 25.5. The van der Waals surface area contributed by atoms with Gasteiger partial charge in [0.05, 0.1) is 27.4 Å². The molecule has 3 rings (SSSR count). The molecule has 0 fully saturated rings. The molecule has 0 unspecified atom stereocenters. The summed E-state index contributed by atoms with van der Waals surface area (Å²) in [5.74, 6) is 0.674. The summed E-state index contributed by atoms with van der Waals surface area (Å²) >= 11 is 1.62. The highest BCUT2D eigenvalue weighted by Crippen LogP contribution is 2.15. The SMILES string of the molecule is Cc1nc2ccc(C(=O)NCCSc3ccccn3)cc2nc1C. The van der Waals surface area contributed by atoms with Crippen LogP contribution in [0, 0.1) is 13.8 Å². The van der Waals surface area contributed by atoms with E-state index in [1.54, 1.807) is 30.1 Å². The summed E-state index contributed by atoms with van der Waals surface area (Å²) in [5.41, 5.74) is 3.94. The number of pyridine rings is 1. The number of hydrogen-bond donors (Lipinski definition) is 1. The van der Waals surface area contributed by atoms with E-state index in [0.717, 1.165) is 33.2 Å². The predicted octanol–water partition coefficient (Wildman–Crippen LogP) is 3.16. The van der Waals surface area contributed by atoms with Crippen molar-refractivity contribution in [2.24, 2.45) is 0 Å². The molecule has 0 saturated heterocycles. The molecule has 3 aromatic rings. The predicted molar refractivity (Wildman–Crippen MR) is 96.3 cm³/mol. The van der Waals surface area contributed by atoms with Crippen molar-refractivity contribution in [2.75, 3.05) is 12.3 Å². The monoisotopic (exact) mass is 338 g/mol. The minimum absolute atomic E-state index is 0.0986. The van der Waals surface area contributed by atoms with Crippen molar-refractivity contribution in [1.82, 2.24) is 20.3 Å². The lowest BCUT2D eigenvalue weighted by Gasteiger charge is -2.07. The molecule has 6 heteroatoms. The number of fused-ring (bicyclic) bond motifs is 1. The van der Waals surface area contributed by atoms with Gasteiger partial charge in [0.25, 0.3) is 5.91 Å². The lowest BCUT2D eigenvalue weighted by Crippen LogP contribution is -2.25. The number of nitrogens with zero attached hydrogens (tertiary/aromatic N) is 3. The fourth-order valence-electron chi connectivity index (χ4n) is 2.23. The number of carbonyl (C=O) groups excluding carboxylic acids is 1. The summed E-state index contributed by atoms with van der Waals surface area (Å²) in [6, 6.07) is 11.2. The Morgan fingerprint density at radius 3 is 2.62 bits per heavy atom. The first-order valence-corrected chi connectivity index (χ1v) is 8.69. The van der Waals surface area contributed by atoms with Gasteiger partial charge in [-0.3, -0.25) is 4.79 Å². The van der Waals surface area contributed by atoms with E-state index in [4.69, 9.17) is 0 Å². The summed E-state index contributed by atoms with van der Waals surface area (Å²) in [7, 11) is 0. The number of aromatic nitrogens is 3. The number of nitrogens with one attached hydrogen (secondary N) is 1. The smallest absolute Gasteiger partial charge is 0.251 e. The lowest BCUT2D eigenvalue weighted by atomic mass is 10.1. The summed E-state index contributed by atoms with van der Waals surface area (Å²) < 4.78 is 0. The maximum Gasteiger partial charge on any atom is 0.251 e. The third-order valence-electron chi connectivity index (χ3n) is 3.61. The first kappa shape index (κ1) is 16.4. The second-order valence-electron chi connectivity index (χ2n) is 5.37. The zero-order valence-corrected chi connectivity index (χ0v) is 14.4. The first-order chi connectivity index (χ1) is 11.6. The van der Waals surface area contributed by atoms with Gasteiger partial charge in [-0.1, -0.05) is 6.07 Å². The maximum absolute atomic E-state index is 12.3. The molecular weight excluding hydrogens is 320 g/mol. The summed E-state index contributed by atoms with van der Waals surface area (Å²) in [6.45, 7) is 4.43. The molecule has 0 aliphatic heterocycles. The minimum atomic E-state index is -0.0986. The molecule has 0 aliphatic carbocycles. The zero-order chi connectivity index (χ0) is 16.9. The maximum atomic E-state index is 12.3. The third kappa shape index (κ3) is 3.89. The standard InChI is InChI=1S/C18H18N4OS/c1-12-13(2)22-16-11-14(6-7-15(16)21-12)18(23)20-9-10-24-17-5-3-4-8-19-17/h3-8,11H,9-10H2,1-2H3,(H,20,23). The van der Waals surface area contributed by atoms with Crippen LogP contribution < -0.4 is 5.32 Å². The van der Waals surface area contributed by atoms with Crippen LogP contribution in [-0.2, 0) is 0 Å². The van der Waals surface area contributed by atoms with E-state index in [0.29, 0.717) is 12.1 Å². The van der Waals surface area contributed by atoms with Gasteiger partial charge in [-0.2, -0.15) is 0 Å². The van der Waals surface area contributed by atoms with Crippen LogP contribution in [0.3, 0.4) is 0 Å². The molecule has 0 atom stereocenters. The molecular formula is C18H18N4OS. The molecule has 0 spiro atoms. The van der Waals surface area contributed by atoms with Crippen LogP contribution in [0.25, 0.3) is 11.0 Å². The van der Waals surface area contributed by atoms with Crippen LogP contribution in [0.15, 0.2) is 47.6 Å². The Balaban J connectivity index is 1.60. The Labute approximate surface area is 144 Å². The minimum Gasteiger partial charge on any atom is -0.351 e. The number of rotatable bonds is 5. The van der Waals surface area contributed by atoms with E-state index >= 15 is 0 Å². The first-order valence-electron chi connectivity index (χ1n) is 7.70. The highest BCUT2D eigenvalue weighted by Gasteiger charge is 2.08. The number of hydrogen-bond acceptors (Lipinski definition) is 5. The van der Waals surface area contributed by atoms with Crippen LogP contribution in [0.1, 0.15) is 21.7 Å². The van der Waals surface area contributed by atoms with Crippen molar-refractivity contribution in [2.45, 2.75) is 18.9 Å². The lowest BCUT2D eigenvalue weighted by molar-refractivity contribution is 0.0956. The van der Waals surface area contributed by atoms with E-state index < -0.39 is 0 Å². The molecule has 0 aliphatic rings. The van der Waals surface area contributed by atoms with E-state index in [1.165, 1.54) is 0 Å². The fraction of sp³-hybridized carbons (Fsp3) is 0.222. The highest BCUT2D eigenvalue weighted by atomic mass is 32.2. The Kier molecular flexibility index (Phi) is 5.05. The molecule has 0 radical (unpaired) electrons. The number of benzene rings is 1. The summed E-state index contributed by atoms with van der Waals surface area (Å²) in [5, 5.41) is 3.88. The zero-order valence-electron chi connectivity index (χ0n) is 13.6. The Morgan fingerprint density at radius 2 is 1.88 bits per heavy atom. The normalized spacial score (nSPS) is 10.8. The van der Waals surface area contributed by atoms with Gasteiger partial charge in [0.2, 0.25) is 0 Å². The molecule has 1 N–H and O–H groups in total. The number of aryl methyl sites for hydroxylation is 2. The highest BCUT2D eigenvalue weighted by molar-refractivity contribution is 7.99. The number of carbonyl (C=O) groups is 1. The molecule has 0 saturated carbocycles. The van der Waals surface area contributed by atoms with Gasteiger partial charge >= 0.3 is 0 Å². The van der Waals surface area contributed by atoms with Gasteiger partial charge in [-0.25, -0.2) is 15.0 Å². The second kappa shape index (κ2) is 7.40. The molecule has 2 heterocycles. The van der Waals surface area contributed by atoms with E-state index in [-0.39, 0.29) is 5.91 Å². The van der Waals surface area contributed by atoms with Crippen LogP contribution in [0.4, 0.5) is 0 Å². The van der Waals surface area contributed by atoms with Crippen molar-refractivity contribution in [3.63, 3.8) is 0 Å². The van der Waals surface area contributed by atoms with E-state index in [9.17, 15) is 4.79 Å². The van der Waals surface area contributed by atoms with Crippen LogP contribution >= 0.6 is 11.8 Å². The molecule has 5 nitrogen and oxygen atoms in total. The average Bonchev–Trinajstić information content (AvgIpc) is 2.60. The van der Waals surface area contributed by atoms with Crippen LogP contribution in [0.2, 0.25) is 0 Å². The Hall–Kier alpha value is -2.47. The quantitative estimate of drug-likeness (QED) is 0.572. The van der Waals surface area contributed by atoms with E-state index in [1.807, 2.05) is 38.1 Å². The molecule has 1 amide bonds. The van der Waals surface area contributed by atoms with Gasteiger partial charge in [-0.15, -0.1) is 11.8 Å². The molecule has 24 heavy (non-hydrogen) atoms. The third-order valence-corrected chi connectivity index (χ3v) is 4.56.